The number of carbonyl (C=O) groups is 4. The van der Waals surface area contributed by atoms with Crippen molar-refractivity contribution in [3.05, 3.63) is 132 Å². The smallest absolute Gasteiger partial charge is 0.417 e. The summed E-state index contributed by atoms with van der Waals surface area (Å²) in [4.78, 5) is 55.3. The molecule has 0 aliphatic carbocycles. The average Bonchev–Trinajstić information content (AvgIpc) is 3.60. The first-order valence-corrected chi connectivity index (χ1v) is 19.6. The van der Waals surface area contributed by atoms with Gasteiger partial charge in [-0.3, -0.25) is 9.59 Å². The Labute approximate surface area is 338 Å². The summed E-state index contributed by atoms with van der Waals surface area (Å²) in [5.74, 6) is -0.667. The molecule has 2 aliphatic heterocycles. The lowest BCUT2D eigenvalue weighted by Crippen LogP contribution is -2.44. The van der Waals surface area contributed by atoms with E-state index < -0.39 is 23.4 Å². The summed E-state index contributed by atoms with van der Waals surface area (Å²) < 4.78 is 11.0. The Morgan fingerprint density at radius 2 is 1.04 bits per heavy atom. The predicted octanol–water partition coefficient (Wildman–Crippen LogP) is 9.60. The monoisotopic (exact) mass is 771 g/mol. The molecule has 0 radical (unpaired) electrons. The molecule has 0 spiro atoms. The molecule has 9 heteroatoms. The van der Waals surface area contributed by atoms with Gasteiger partial charge in [-0.2, -0.15) is 0 Å². The highest BCUT2D eigenvalue weighted by atomic mass is 16.6. The molecule has 4 aromatic rings. The third-order valence-electron chi connectivity index (χ3n) is 9.71. The topological polar surface area (TPSA) is 96.5 Å². The van der Waals surface area contributed by atoms with Gasteiger partial charge in [0.1, 0.15) is 11.2 Å². The van der Waals surface area contributed by atoms with Crippen LogP contribution in [0.15, 0.2) is 121 Å². The van der Waals surface area contributed by atoms with Crippen molar-refractivity contribution in [2.24, 2.45) is 5.92 Å². The van der Waals surface area contributed by atoms with Crippen molar-refractivity contribution < 1.29 is 28.7 Å². The Bertz CT molecular complexity index is 2010. The van der Waals surface area contributed by atoms with Crippen molar-refractivity contribution in [2.75, 3.05) is 20.6 Å². The van der Waals surface area contributed by atoms with E-state index in [-0.39, 0.29) is 29.8 Å². The highest BCUT2D eigenvalue weighted by Crippen LogP contribution is 2.31. The Hall–Kier alpha value is -5.54. The lowest BCUT2D eigenvalue weighted by molar-refractivity contribution is -0.131. The molecule has 0 saturated carbocycles. The summed E-state index contributed by atoms with van der Waals surface area (Å²) in [6.07, 6.45) is 1.19. The van der Waals surface area contributed by atoms with Gasteiger partial charge in [0.25, 0.3) is 5.91 Å². The third kappa shape index (κ3) is 11.7. The van der Waals surface area contributed by atoms with Crippen molar-refractivity contribution in [3.8, 4) is 22.3 Å². The SMILES string of the molecule is C=C1C[C@@H](Cc2ccc(-c3ccccc3)cc2)N(C(=O)OC(C)(C)C)C1=O.CN(C)CC1C[C@@H](Cc2ccc(-c3ccccc3)cc2)N(C(=O)OC(C)(C)C)C1=O. The summed E-state index contributed by atoms with van der Waals surface area (Å²) in [6, 6.07) is 36.5. The first kappa shape index (κ1) is 42.6. The van der Waals surface area contributed by atoms with E-state index >= 15 is 0 Å². The molecule has 2 aliphatic rings. The summed E-state index contributed by atoms with van der Waals surface area (Å²) >= 11 is 0. The summed E-state index contributed by atoms with van der Waals surface area (Å²) in [5.41, 5.74) is 5.94. The molecule has 0 aromatic heterocycles. The molecule has 3 atom stereocenters. The number of rotatable bonds is 8. The van der Waals surface area contributed by atoms with Gasteiger partial charge in [0.2, 0.25) is 5.91 Å². The van der Waals surface area contributed by atoms with Gasteiger partial charge in [-0.25, -0.2) is 19.4 Å². The van der Waals surface area contributed by atoms with Crippen molar-refractivity contribution in [1.82, 2.24) is 14.7 Å². The molecule has 300 valence electrons. The molecule has 2 saturated heterocycles. The predicted molar refractivity (Wildman–Crippen MR) is 225 cm³/mol. The van der Waals surface area contributed by atoms with Crippen LogP contribution in [-0.2, 0) is 31.9 Å². The van der Waals surface area contributed by atoms with Crippen LogP contribution in [0.4, 0.5) is 9.59 Å². The lowest BCUT2D eigenvalue weighted by Gasteiger charge is -2.27. The van der Waals surface area contributed by atoms with Gasteiger partial charge in [0.05, 0.1) is 12.0 Å². The fraction of sp³-hybridized carbons (Fsp3) is 0.375. The number of benzene rings is 4. The Morgan fingerprint density at radius 3 is 1.46 bits per heavy atom. The van der Waals surface area contributed by atoms with Crippen LogP contribution in [0.3, 0.4) is 0 Å². The Morgan fingerprint density at radius 1 is 0.632 bits per heavy atom. The van der Waals surface area contributed by atoms with E-state index in [1.807, 2.05) is 88.3 Å². The molecule has 9 nitrogen and oxygen atoms in total. The minimum absolute atomic E-state index is 0.135. The minimum Gasteiger partial charge on any atom is -0.443 e. The maximum Gasteiger partial charge on any atom is 0.417 e. The zero-order chi connectivity index (χ0) is 41.5. The molecule has 2 fully saturated rings. The summed E-state index contributed by atoms with van der Waals surface area (Å²) in [7, 11) is 3.89. The van der Waals surface area contributed by atoms with Crippen LogP contribution in [0.5, 0.6) is 0 Å². The van der Waals surface area contributed by atoms with Gasteiger partial charge in [0, 0.05) is 18.2 Å². The van der Waals surface area contributed by atoms with E-state index in [1.54, 1.807) is 20.8 Å². The molecule has 0 N–H and O–H groups in total. The number of likely N-dealkylation sites (tertiary alicyclic amines) is 2. The number of carbonyl (C=O) groups excluding carboxylic acids is 4. The highest BCUT2D eigenvalue weighted by molar-refractivity contribution is 6.04. The van der Waals surface area contributed by atoms with E-state index in [0.29, 0.717) is 37.8 Å². The Balaban J connectivity index is 0.000000219. The number of imide groups is 2. The zero-order valence-corrected chi connectivity index (χ0v) is 34.7. The molecule has 4 amide bonds. The van der Waals surface area contributed by atoms with Gasteiger partial charge >= 0.3 is 12.2 Å². The fourth-order valence-electron chi connectivity index (χ4n) is 7.21. The van der Waals surface area contributed by atoms with Crippen LogP contribution in [0.1, 0.15) is 65.5 Å². The highest BCUT2D eigenvalue weighted by Gasteiger charge is 2.45. The molecule has 4 aromatic carbocycles. The van der Waals surface area contributed by atoms with Gasteiger partial charge in [0.15, 0.2) is 0 Å². The Kier molecular flexibility index (Phi) is 13.6. The molecular formula is C48H57N3O6. The van der Waals surface area contributed by atoms with Crippen molar-refractivity contribution in [2.45, 2.75) is 90.5 Å². The molecule has 1 unspecified atom stereocenters. The quantitative estimate of drug-likeness (QED) is 0.165. The number of amides is 4. The maximum absolute atomic E-state index is 13.0. The molecule has 6 rings (SSSR count). The van der Waals surface area contributed by atoms with E-state index in [1.165, 1.54) is 15.4 Å². The van der Waals surface area contributed by atoms with Gasteiger partial charge < -0.3 is 14.4 Å². The summed E-state index contributed by atoms with van der Waals surface area (Å²) in [6.45, 7) is 15.3. The second-order valence-corrected chi connectivity index (χ2v) is 17.2. The second kappa shape index (κ2) is 18.2. The van der Waals surface area contributed by atoms with E-state index in [9.17, 15) is 19.2 Å². The van der Waals surface area contributed by atoms with Crippen molar-refractivity contribution >= 4 is 24.0 Å². The van der Waals surface area contributed by atoms with Crippen LogP contribution in [0, 0.1) is 5.92 Å². The lowest BCUT2D eigenvalue weighted by atomic mass is 9.97. The summed E-state index contributed by atoms with van der Waals surface area (Å²) in [5, 5.41) is 0. The molecular weight excluding hydrogens is 715 g/mol. The van der Waals surface area contributed by atoms with Crippen molar-refractivity contribution in [1.29, 1.82) is 0 Å². The molecule has 57 heavy (non-hydrogen) atoms. The minimum atomic E-state index is -0.650. The second-order valence-electron chi connectivity index (χ2n) is 17.2. The van der Waals surface area contributed by atoms with Gasteiger partial charge in [-0.15, -0.1) is 0 Å². The van der Waals surface area contributed by atoms with Gasteiger partial charge in [-0.1, -0.05) is 116 Å². The number of hydrogen-bond donors (Lipinski definition) is 0. The molecule has 0 bridgehead atoms. The number of nitrogens with zero attached hydrogens (tertiary/aromatic N) is 3. The fourth-order valence-corrected chi connectivity index (χ4v) is 7.21. The van der Waals surface area contributed by atoms with Crippen LogP contribution < -0.4 is 0 Å². The first-order valence-electron chi connectivity index (χ1n) is 19.6. The first-order chi connectivity index (χ1) is 26.9. The maximum atomic E-state index is 13.0. The van der Waals surface area contributed by atoms with Crippen LogP contribution in [0.25, 0.3) is 22.3 Å². The van der Waals surface area contributed by atoms with E-state index in [2.05, 4.69) is 67.2 Å². The van der Waals surface area contributed by atoms with E-state index in [0.717, 1.165) is 27.8 Å². The third-order valence-corrected chi connectivity index (χ3v) is 9.71. The largest absolute Gasteiger partial charge is 0.443 e. The number of ether oxygens (including phenoxy) is 2. The van der Waals surface area contributed by atoms with Crippen LogP contribution in [0.2, 0.25) is 0 Å². The molecule has 2 heterocycles. The van der Waals surface area contributed by atoms with Crippen molar-refractivity contribution in [3.63, 3.8) is 0 Å². The van der Waals surface area contributed by atoms with Crippen LogP contribution in [-0.4, -0.2) is 82.6 Å². The normalized spacial score (nSPS) is 18.4. The average molecular weight is 772 g/mol. The number of hydrogen-bond acceptors (Lipinski definition) is 7. The van der Waals surface area contributed by atoms with Crippen LogP contribution >= 0.6 is 0 Å². The van der Waals surface area contributed by atoms with Gasteiger partial charge in [-0.05, 0) is 115 Å². The van der Waals surface area contributed by atoms with E-state index in [4.69, 9.17) is 9.47 Å². The standard InChI is InChI=1S/C25H32N2O3.C23H25NO3/c1-25(2,3)30-24(29)27-22(16-21(23(27)28)17-26(4)5)15-18-11-13-20(14-12-18)19-9-7-6-8-10-19;1-16-14-20(24(21(16)25)22(26)27-23(2,3)4)15-17-10-12-19(13-11-17)18-8-6-5-7-9-18/h6-14,21-22H,15-17H2,1-5H3;5-13,20H,1,14-15H2,2-4H3/t21?,22-;20-/m10/s1. The zero-order valence-electron chi connectivity index (χ0n) is 34.7.